The molecule has 0 bridgehead atoms. The Hall–Kier alpha value is -2.05. The second-order valence-electron chi connectivity index (χ2n) is 4.97. The summed E-state index contributed by atoms with van der Waals surface area (Å²) < 4.78 is 5.08. The van der Waals surface area contributed by atoms with Crippen molar-refractivity contribution in [2.24, 2.45) is 0 Å². The van der Waals surface area contributed by atoms with Crippen molar-refractivity contribution in [3.05, 3.63) is 11.8 Å². The van der Waals surface area contributed by atoms with Crippen molar-refractivity contribution in [2.75, 3.05) is 32.1 Å². The molecular weight excluding hydrogens is 260 g/mol. The van der Waals surface area contributed by atoms with Crippen molar-refractivity contribution in [3.8, 4) is 6.01 Å². The molecule has 0 radical (unpaired) electrons. The maximum atomic E-state index is 11.0. The highest BCUT2D eigenvalue weighted by Crippen LogP contribution is 2.22. The predicted octanol–water partition coefficient (Wildman–Crippen LogP) is 1.37. The molecule has 1 aromatic rings. The van der Waals surface area contributed by atoms with Crippen LogP contribution >= 0.6 is 0 Å². The molecule has 0 spiro atoms. The maximum Gasteiger partial charge on any atom is 0.407 e. The number of aryl methyl sites for hydroxylation is 1. The zero-order valence-electron chi connectivity index (χ0n) is 12.0. The molecule has 2 rings (SSSR count). The second-order valence-corrected chi connectivity index (χ2v) is 4.97. The third-order valence-electron chi connectivity index (χ3n) is 3.64. The first-order valence-electron chi connectivity index (χ1n) is 6.61. The molecule has 0 aromatic carbocycles. The molecule has 20 heavy (non-hydrogen) atoms. The summed E-state index contributed by atoms with van der Waals surface area (Å²) in [5.74, 6) is 0.839. The maximum absolute atomic E-state index is 11.0. The molecule has 1 fully saturated rings. The van der Waals surface area contributed by atoms with E-state index in [0.717, 1.165) is 37.4 Å². The van der Waals surface area contributed by atoms with Gasteiger partial charge in [0.05, 0.1) is 7.11 Å². The molecule has 7 nitrogen and oxygen atoms in total. The monoisotopic (exact) mass is 280 g/mol. The lowest BCUT2D eigenvalue weighted by atomic mass is 10.0. The van der Waals surface area contributed by atoms with Gasteiger partial charge in [0.1, 0.15) is 5.82 Å². The van der Waals surface area contributed by atoms with Crippen LogP contribution in [0.3, 0.4) is 0 Å². The molecule has 1 aromatic heterocycles. The molecule has 7 heteroatoms. The van der Waals surface area contributed by atoms with Crippen LogP contribution in [0.1, 0.15) is 18.5 Å². The van der Waals surface area contributed by atoms with E-state index in [9.17, 15) is 4.79 Å². The standard InChI is InChI=1S/C13H20N4O3/c1-9-8-11(15-12(14-9)20-3)17-6-4-10(5-7-17)16(2)13(18)19/h8,10H,4-7H2,1-3H3,(H,18,19). The number of nitrogens with zero attached hydrogens (tertiary/aromatic N) is 4. The number of carboxylic acid groups (broad SMARTS) is 1. The van der Waals surface area contributed by atoms with E-state index in [1.165, 1.54) is 4.90 Å². The van der Waals surface area contributed by atoms with Crippen molar-refractivity contribution < 1.29 is 14.6 Å². The number of ether oxygens (including phenoxy) is 1. The first kappa shape index (κ1) is 14.4. The van der Waals surface area contributed by atoms with E-state index in [-0.39, 0.29) is 6.04 Å². The number of hydrogen-bond acceptors (Lipinski definition) is 5. The summed E-state index contributed by atoms with van der Waals surface area (Å²) in [6.07, 6.45) is 0.727. The Morgan fingerprint density at radius 2 is 2.10 bits per heavy atom. The smallest absolute Gasteiger partial charge is 0.407 e. The van der Waals surface area contributed by atoms with Crippen molar-refractivity contribution in [1.29, 1.82) is 0 Å². The third-order valence-corrected chi connectivity index (χ3v) is 3.64. The van der Waals surface area contributed by atoms with Crippen molar-refractivity contribution in [3.63, 3.8) is 0 Å². The van der Waals surface area contributed by atoms with Gasteiger partial charge in [-0.15, -0.1) is 0 Å². The van der Waals surface area contributed by atoms with E-state index >= 15 is 0 Å². The fourth-order valence-corrected chi connectivity index (χ4v) is 2.42. The van der Waals surface area contributed by atoms with Crippen LogP contribution < -0.4 is 9.64 Å². The number of methoxy groups -OCH3 is 1. The van der Waals surface area contributed by atoms with Gasteiger partial charge in [0.2, 0.25) is 0 Å². The van der Waals surface area contributed by atoms with Crippen molar-refractivity contribution >= 4 is 11.9 Å². The van der Waals surface area contributed by atoms with E-state index in [1.807, 2.05) is 13.0 Å². The number of amides is 1. The van der Waals surface area contributed by atoms with Gasteiger partial charge in [-0.2, -0.15) is 4.98 Å². The number of aromatic nitrogens is 2. The highest BCUT2D eigenvalue weighted by Gasteiger charge is 2.26. The minimum atomic E-state index is -0.872. The lowest BCUT2D eigenvalue weighted by Gasteiger charge is -2.36. The average molecular weight is 280 g/mol. The summed E-state index contributed by atoms with van der Waals surface area (Å²) in [4.78, 5) is 23.0. The van der Waals surface area contributed by atoms with E-state index < -0.39 is 6.09 Å². The number of carbonyl (C=O) groups is 1. The second kappa shape index (κ2) is 5.94. The van der Waals surface area contributed by atoms with Crippen LogP contribution in [0.15, 0.2) is 6.07 Å². The third kappa shape index (κ3) is 3.09. The quantitative estimate of drug-likeness (QED) is 0.901. The molecule has 1 aliphatic rings. The Labute approximate surface area is 118 Å². The van der Waals surface area contributed by atoms with E-state index in [0.29, 0.717) is 6.01 Å². The highest BCUT2D eigenvalue weighted by atomic mass is 16.5. The molecule has 0 aliphatic carbocycles. The molecular formula is C13H20N4O3. The molecule has 1 aliphatic heterocycles. The van der Waals surface area contributed by atoms with Crippen molar-refractivity contribution in [2.45, 2.75) is 25.8 Å². The Balaban J connectivity index is 2.03. The first-order valence-corrected chi connectivity index (χ1v) is 6.61. The molecule has 1 N–H and O–H groups in total. The highest BCUT2D eigenvalue weighted by molar-refractivity contribution is 5.65. The van der Waals surface area contributed by atoms with Gasteiger partial charge < -0.3 is 19.6 Å². The summed E-state index contributed by atoms with van der Waals surface area (Å²) in [7, 11) is 3.17. The van der Waals surface area contributed by atoms with Gasteiger partial charge in [-0.25, -0.2) is 9.78 Å². The number of hydrogen-bond donors (Lipinski definition) is 1. The average Bonchev–Trinajstić information content (AvgIpc) is 2.45. The lowest BCUT2D eigenvalue weighted by molar-refractivity contribution is 0.131. The molecule has 0 unspecified atom stereocenters. The van der Waals surface area contributed by atoms with Crippen molar-refractivity contribution in [1.82, 2.24) is 14.9 Å². The Morgan fingerprint density at radius 1 is 1.45 bits per heavy atom. The SMILES string of the molecule is COc1nc(C)cc(N2CCC(N(C)C(=O)O)CC2)n1. The van der Waals surface area contributed by atoms with Crippen LogP contribution in [-0.2, 0) is 0 Å². The summed E-state index contributed by atoms with van der Waals surface area (Å²) in [5.41, 5.74) is 0.858. The summed E-state index contributed by atoms with van der Waals surface area (Å²) >= 11 is 0. The van der Waals surface area contributed by atoms with Gasteiger partial charge in [-0.3, -0.25) is 0 Å². The molecule has 1 amide bonds. The fourth-order valence-electron chi connectivity index (χ4n) is 2.42. The van der Waals surface area contributed by atoms with Gasteiger partial charge in [0, 0.05) is 37.9 Å². The predicted molar refractivity (Wildman–Crippen MR) is 74.3 cm³/mol. The molecule has 2 heterocycles. The minimum Gasteiger partial charge on any atom is -0.467 e. The summed E-state index contributed by atoms with van der Waals surface area (Å²) in [6, 6.07) is 2.36. The van der Waals surface area contributed by atoms with Gasteiger partial charge in [0.25, 0.3) is 0 Å². The lowest BCUT2D eigenvalue weighted by Crippen LogP contribution is -2.45. The largest absolute Gasteiger partial charge is 0.467 e. The van der Waals surface area contributed by atoms with Gasteiger partial charge in [-0.1, -0.05) is 0 Å². The van der Waals surface area contributed by atoms with Crippen LogP contribution in [-0.4, -0.2) is 59.4 Å². The zero-order chi connectivity index (χ0) is 14.7. The van der Waals surface area contributed by atoms with Crippen LogP contribution in [0.25, 0.3) is 0 Å². The number of anilines is 1. The number of rotatable bonds is 3. The molecule has 1 saturated heterocycles. The van der Waals surface area contributed by atoms with E-state index in [4.69, 9.17) is 9.84 Å². The zero-order valence-corrected chi connectivity index (χ0v) is 12.0. The van der Waals surface area contributed by atoms with E-state index in [1.54, 1.807) is 14.2 Å². The fraction of sp³-hybridized carbons (Fsp3) is 0.615. The molecule has 0 atom stereocenters. The van der Waals surface area contributed by atoms with Gasteiger partial charge >= 0.3 is 12.1 Å². The van der Waals surface area contributed by atoms with Gasteiger partial charge in [0.15, 0.2) is 0 Å². The summed E-state index contributed by atoms with van der Waals surface area (Å²) in [6.45, 7) is 3.46. The first-order chi connectivity index (χ1) is 9.51. The van der Waals surface area contributed by atoms with Crippen LogP contribution in [0.4, 0.5) is 10.6 Å². The topological polar surface area (TPSA) is 78.8 Å². The van der Waals surface area contributed by atoms with Crippen LogP contribution in [0.2, 0.25) is 0 Å². The Morgan fingerprint density at radius 3 is 2.65 bits per heavy atom. The van der Waals surface area contributed by atoms with Gasteiger partial charge in [-0.05, 0) is 19.8 Å². The Kier molecular flexibility index (Phi) is 4.26. The van der Waals surface area contributed by atoms with Crippen LogP contribution in [0.5, 0.6) is 6.01 Å². The van der Waals surface area contributed by atoms with Crippen LogP contribution in [0, 0.1) is 6.92 Å². The number of piperidine rings is 1. The minimum absolute atomic E-state index is 0.0774. The normalized spacial score (nSPS) is 16.1. The summed E-state index contributed by atoms with van der Waals surface area (Å²) in [5, 5.41) is 9.00. The molecule has 110 valence electrons. The molecule has 0 saturated carbocycles. The Bertz CT molecular complexity index is 487. The van der Waals surface area contributed by atoms with E-state index in [2.05, 4.69) is 14.9 Å².